The Morgan fingerprint density at radius 3 is 1.36 bits per heavy atom. The molecule has 0 saturated heterocycles. The number of hydrogen-bond donors (Lipinski definition) is 0. The Bertz CT molecular complexity index is 3080. The van der Waals surface area contributed by atoms with E-state index in [0.29, 0.717) is 5.82 Å². The fourth-order valence-electron chi connectivity index (χ4n) is 10.5. The smallest absolute Gasteiger partial charge is 0.160 e. The Kier molecular flexibility index (Phi) is 6.93. The highest BCUT2D eigenvalue weighted by Crippen LogP contribution is 2.64. The summed E-state index contributed by atoms with van der Waals surface area (Å²) in [6, 6.07) is 71.4. The SMILES string of the molecule is CC1(C)c2ccccc2-c2cc3c(cc21)-c1ccccc1C31c2ccccc2-c2ccccc2-c2ccc(-c3cc(-c4ccccc4)nc(-c4ccccc4)n3)cc21. The Labute approximate surface area is 339 Å². The Morgan fingerprint density at radius 1 is 0.293 bits per heavy atom. The van der Waals surface area contributed by atoms with Crippen molar-refractivity contribution in [1.29, 1.82) is 0 Å². The number of nitrogens with zero attached hydrogens (tertiary/aromatic N) is 2. The molecule has 1 heterocycles. The van der Waals surface area contributed by atoms with Crippen LogP contribution in [-0.4, -0.2) is 9.97 Å². The largest absolute Gasteiger partial charge is 0.228 e. The van der Waals surface area contributed by atoms with Gasteiger partial charge >= 0.3 is 0 Å². The van der Waals surface area contributed by atoms with Gasteiger partial charge in [0.2, 0.25) is 0 Å². The maximum absolute atomic E-state index is 5.34. The quantitative estimate of drug-likeness (QED) is 0.180. The molecule has 272 valence electrons. The first-order valence-electron chi connectivity index (χ1n) is 20.2. The summed E-state index contributed by atoms with van der Waals surface area (Å²) < 4.78 is 0. The number of benzene rings is 8. The van der Waals surface area contributed by atoms with Crippen LogP contribution in [0.1, 0.15) is 47.2 Å². The van der Waals surface area contributed by atoms with E-state index in [4.69, 9.17) is 9.97 Å². The molecule has 1 atom stereocenters. The Hall–Kier alpha value is -7.16. The zero-order valence-electron chi connectivity index (χ0n) is 32.4. The lowest BCUT2D eigenvalue weighted by molar-refractivity contribution is 0.660. The van der Waals surface area contributed by atoms with E-state index in [1.165, 1.54) is 77.9 Å². The molecule has 0 fully saturated rings. The molecule has 12 rings (SSSR count). The minimum atomic E-state index is -0.624. The second-order valence-corrected chi connectivity index (χ2v) is 16.5. The van der Waals surface area contributed by atoms with Crippen molar-refractivity contribution in [2.45, 2.75) is 24.7 Å². The summed E-state index contributed by atoms with van der Waals surface area (Å²) in [7, 11) is 0. The molecule has 1 aromatic heterocycles. The molecule has 58 heavy (non-hydrogen) atoms. The van der Waals surface area contributed by atoms with Gasteiger partial charge in [0.1, 0.15) is 0 Å². The van der Waals surface area contributed by atoms with Crippen molar-refractivity contribution < 1.29 is 0 Å². The van der Waals surface area contributed by atoms with Crippen molar-refractivity contribution in [3.05, 3.63) is 228 Å². The van der Waals surface area contributed by atoms with E-state index in [2.05, 4.69) is 202 Å². The third-order valence-electron chi connectivity index (χ3n) is 13.1. The number of aromatic nitrogens is 2. The van der Waals surface area contributed by atoms with Crippen molar-refractivity contribution >= 4 is 0 Å². The van der Waals surface area contributed by atoms with Gasteiger partial charge in [0, 0.05) is 22.1 Å². The van der Waals surface area contributed by atoms with Gasteiger partial charge in [0.15, 0.2) is 5.82 Å². The molecule has 0 amide bonds. The molecule has 2 nitrogen and oxygen atoms in total. The van der Waals surface area contributed by atoms with Crippen molar-refractivity contribution in [2.24, 2.45) is 0 Å². The molecule has 8 aromatic carbocycles. The predicted octanol–water partition coefficient (Wildman–Crippen LogP) is 13.8. The molecule has 2 heteroatoms. The van der Waals surface area contributed by atoms with Crippen LogP contribution in [0.3, 0.4) is 0 Å². The molecule has 9 aromatic rings. The normalized spacial score (nSPS) is 16.0. The minimum Gasteiger partial charge on any atom is -0.228 e. The molecule has 0 bridgehead atoms. The lowest BCUT2D eigenvalue weighted by Gasteiger charge is -2.36. The third kappa shape index (κ3) is 4.49. The van der Waals surface area contributed by atoms with Crippen LogP contribution in [0.15, 0.2) is 194 Å². The zero-order valence-corrected chi connectivity index (χ0v) is 32.4. The van der Waals surface area contributed by atoms with E-state index in [1.54, 1.807) is 0 Å². The molecule has 0 N–H and O–H groups in total. The summed E-state index contributed by atoms with van der Waals surface area (Å²) >= 11 is 0. The van der Waals surface area contributed by atoms with Crippen molar-refractivity contribution in [1.82, 2.24) is 9.97 Å². The zero-order chi connectivity index (χ0) is 38.6. The van der Waals surface area contributed by atoms with Gasteiger partial charge in [-0.1, -0.05) is 184 Å². The van der Waals surface area contributed by atoms with E-state index < -0.39 is 5.41 Å². The monoisotopic (exact) mass is 738 g/mol. The number of fused-ring (bicyclic) bond motifs is 15. The summed E-state index contributed by atoms with van der Waals surface area (Å²) in [5, 5.41) is 0. The summed E-state index contributed by atoms with van der Waals surface area (Å²) in [4.78, 5) is 10.5. The van der Waals surface area contributed by atoms with Crippen LogP contribution in [0.2, 0.25) is 0 Å². The van der Waals surface area contributed by atoms with Crippen LogP contribution in [0, 0.1) is 0 Å². The van der Waals surface area contributed by atoms with E-state index >= 15 is 0 Å². The first-order valence-corrected chi connectivity index (χ1v) is 20.2. The molecular weight excluding hydrogens is 701 g/mol. The van der Waals surface area contributed by atoms with Gasteiger partial charge < -0.3 is 0 Å². The van der Waals surface area contributed by atoms with Crippen LogP contribution >= 0.6 is 0 Å². The van der Waals surface area contributed by atoms with Crippen LogP contribution in [-0.2, 0) is 10.8 Å². The standard InChI is InChI=1S/C56H38N2/c1-55(2)46-26-14-11-24-41(46)44-33-51-45(32-49(44)55)42-25-13-16-28-48(42)56(51)47-27-15-12-23-40(47)38-21-9-10-22-39(38)43-30-29-37(31-50(43)56)53-34-52(35-17-5-3-6-18-35)57-54(58-53)36-19-7-4-8-20-36/h3-34H,1-2H3. The van der Waals surface area contributed by atoms with Gasteiger partial charge in [-0.3, -0.25) is 0 Å². The molecule has 0 aliphatic heterocycles. The average Bonchev–Trinajstić information content (AvgIpc) is 3.66. The van der Waals surface area contributed by atoms with E-state index in [9.17, 15) is 0 Å². The lowest BCUT2D eigenvalue weighted by Crippen LogP contribution is -2.29. The second-order valence-electron chi connectivity index (χ2n) is 16.5. The summed E-state index contributed by atoms with van der Waals surface area (Å²) in [6.07, 6.45) is 0. The van der Waals surface area contributed by atoms with Crippen molar-refractivity contribution in [2.75, 3.05) is 0 Å². The molecular formula is C56H38N2. The summed E-state index contributed by atoms with van der Waals surface area (Å²) in [5.41, 5.74) is 22.4. The molecule has 1 spiro atoms. The first kappa shape index (κ1) is 33.0. The molecule has 0 radical (unpaired) electrons. The lowest BCUT2D eigenvalue weighted by atomic mass is 9.65. The summed E-state index contributed by atoms with van der Waals surface area (Å²) in [5.74, 6) is 0.714. The van der Waals surface area contributed by atoms with Gasteiger partial charge in [-0.2, -0.15) is 0 Å². The number of hydrogen-bond acceptors (Lipinski definition) is 2. The molecule has 3 aliphatic carbocycles. The maximum atomic E-state index is 5.34. The van der Waals surface area contributed by atoms with Gasteiger partial charge in [0.05, 0.1) is 16.8 Å². The van der Waals surface area contributed by atoms with Crippen LogP contribution < -0.4 is 0 Å². The van der Waals surface area contributed by atoms with E-state index in [0.717, 1.165) is 28.1 Å². The second kappa shape index (κ2) is 12.2. The van der Waals surface area contributed by atoms with Gasteiger partial charge in [-0.25, -0.2) is 9.97 Å². The maximum Gasteiger partial charge on any atom is 0.160 e. The number of rotatable bonds is 3. The van der Waals surface area contributed by atoms with Gasteiger partial charge in [-0.15, -0.1) is 0 Å². The van der Waals surface area contributed by atoms with Crippen LogP contribution in [0.25, 0.3) is 78.4 Å². The highest BCUT2D eigenvalue weighted by atomic mass is 14.9. The average molecular weight is 739 g/mol. The van der Waals surface area contributed by atoms with Crippen molar-refractivity contribution in [3.63, 3.8) is 0 Å². The highest BCUT2D eigenvalue weighted by molar-refractivity contribution is 5.99. The van der Waals surface area contributed by atoms with Crippen LogP contribution in [0.4, 0.5) is 0 Å². The van der Waals surface area contributed by atoms with E-state index in [1.807, 2.05) is 6.07 Å². The summed E-state index contributed by atoms with van der Waals surface area (Å²) in [6.45, 7) is 4.77. The first-order chi connectivity index (χ1) is 28.5. The highest BCUT2D eigenvalue weighted by Gasteiger charge is 2.51. The fourth-order valence-corrected chi connectivity index (χ4v) is 10.5. The molecule has 3 aliphatic rings. The van der Waals surface area contributed by atoms with Crippen LogP contribution in [0.5, 0.6) is 0 Å². The third-order valence-corrected chi connectivity index (χ3v) is 13.1. The minimum absolute atomic E-state index is 0.117. The fraction of sp³-hybridized carbons (Fsp3) is 0.0714. The van der Waals surface area contributed by atoms with E-state index in [-0.39, 0.29) is 5.41 Å². The Balaban J connectivity index is 1.21. The predicted molar refractivity (Wildman–Crippen MR) is 238 cm³/mol. The van der Waals surface area contributed by atoms with Crippen molar-refractivity contribution in [3.8, 4) is 78.4 Å². The molecule has 0 saturated carbocycles. The van der Waals surface area contributed by atoms with Gasteiger partial charge in [0.25, 0.3) is 0 Å². The molecule has 1 unspecified atom stereocenters. The Morgan fingerprint density at radius 2 is 0.724 bits per heavy atom. The topological polar surface area (TPSA) is 25.8 Å². The van der Waals surface area contributed by atoms with Gasteiger partial charge in [-0.05, 0) is 102 Å².